The van der Waals surface area contributed by atoms with E-state index in [2.05, 4.69) is 15.6 Å². The first-order chi connectivity index (χ1) is 21.7. The number of imide groups is 1. The lowest BCUT2D eigenvalue weighted by molar-refractivity contribution is -0.198. The van der Waals surface area contributed by atoms with E-state index in [-0.39, 0.29) is 57.3 Å². The standard InChI is InChI=1S/C30H32N6O9/c1-42-22-7-8-25(43-2)24(16-22)35-17-20(15-28(35)39)30(41)31-21-5-3-19(4-6-21)23-18-34(33-32-23)12-14-44-13-11-29(40)45-36-26(37)9-10-27(36)38/h3-8,16,18,20H,9-15,17H2,1-2H3,(H,31,41). The molecule has 2 aliphatic rings. The fourth-order valence-corrected chi connectivity index (χ4v) is 4.85. The van der Waals surface area contributed by atoms with Gasteiger partial charge in [0.1, 0.15) is 17.2 Å². The summed E-state index contributed by atoms with van der Waals surface area (Å²) in [6.45, 7) is 0.877. The van der Waals surface area contributed by atoms with Gasteiger partial charge in [0.2, 0.25) is 11.8 Å². The third kappa shape index (κ3) is 7.44. The van der Waals surface area contributed by atoms with Crippen LogP contribution < -0.4 is 19.7 Å². The molecule has 1 aromatic heterocycles. The van der Waals surface area contributed by atoms with Gasteiger partial charge >= 0.3 is 5.97 Å². The molecule has 1 unspecified atom stereocenters. The summed E-state index contributed by atoms with van der Waals surface area (Å²) in [6.07, 6.45) is 1.77. The first-order valence-electron chi connectivity index (χ1n) is 14.2. The second-order valence-electron chi connectivity index (χ2n) is 10.3. The Labute approximate surface area is 257 Å². The highest BCUT2D eigenvalue weighted by Gasteiger charge is 2.36. The van der Waals surface area contributed by atoms with E-state index >= 15 is 0 Å². The molecule has 4 amide bonds. The molecule has 0 spiro atoms. The summed E-state index contributed by atoms with van der Waals surface area (Å²) < 4.78 is 17.7. The van der Waals surface area contributed by atoms with Crippen LogP contribution in [0.5, 0.6) is 11.5 Å². The van der Waals surface area contributed by atoms with Crippen LogP contribution in [0.1, 0.15) is 25.7 Å². The van der Waals surface area contributed by atoms with Gasteiger partial charge in [-0.3, -0.25) is 19.2 Å². The van der Waals surface area contributed by atoms with Crippen molar-refractivity contribution in [2.24, 2.45) is 5.92 Å². The zero-order valence-electron chi connectivity index (χ0n) is 24.8. The lowest BCUT2D eigenvalue weighted by Crippen LogP contribution is -2.32. The number of methoxy groups -OCH3 is 2. The maximum Gasteiger partial charge on any atom is 0.335 e. The van der Waals surface area contributed by atoms with Crippen molar-refractivity contribution < 1.29 is 43.0 Å². The highest BCUT2D eigenvalue weighted by Crippen LogP contribution is 2.36. The maximum absolute atomic E-state index is 13.0. The zero-order valence-corrected chi connectivity index (χ0v) is 24.8. The summed E-state index contributed by atoms with van der Waals surface area (Å²) >= 11 is 0. The number of nitrogens with one attached hydrogen (secondary N) is 1. The number of hydrogen-bond donors (Lipinski definition) is 1. The molecule has 3 aromatic rings. The predicted molar refractivity (Wildman–Crippen MR) is 157 cm³/mol. The van der Waals surface area contributed by atoms with Gasteiger partial charge in [-0.05, 0) is 24.3 Å². The molecule has 15 heteroatoms. The smallest absolute Gasteiger partial charge is 0.335 e. The lowest BCUT2D eigenvalue weighted by atomic mass is 10.1. The largest absolute Gasteiger partial charge is 0.497 e. The summed E-state index contributed by atoms with van der Waals surface area (Å²) in [5.74, 6) is -1.69. The van der Waals surface area contributed by atoms with Crippen LogP contribution in [-0.2, 0) is 40.1 Å². The van der Waals surface area contributed by atoms with Crippen LogP contribution in [0.2, 0.25) is 0 Å². The topological polar surface area (TPSA) is 171 Å². The molecule has 0 radical (unpaired) electrons. The van der Waals surface area contributed by atoms with Gasteiger partial charge in [0.15, 0.2) is 0 Å². The number of carbonyl (C=O) groups is 5. The quantitative estimate of drug-likeness (QED) is 0.219. The van der Waals surface area contributed by atoms with Crippen molar-refractivity contribution in [1.82, 2.24) is 20.1 Å². The number of nitrogens with zero attached hydrogens (tertiary/aromatic N) is 5. The van der Waals surface area contributed by atoms with E-state index in [1.807, 2.05) is 0 Å². The number of rotatable bonds is 13. The molecule has 236 valence electrons. The van der Waals surface area contributed by atoms with Crippen LogP contribution in [0.3, 0.4) is 0 Å². The number of amides is 4. The molecule has 45 heavy (non-hydrogen) atoms. The second-order valence-corrected chi connectivity index (χ2v) is 10.3. The molecule has 3 heterocycles. The van der Waals surface area contributed by atoms with Gasteiger partial charge in [-0.2, -0.15) is 0 Å². The average molecular weight is 621 g/mol. The van der Waals surface area contributed by atoms with E-state index in [4.69, 9.17) is 19.0 Å². The van der Waals surface area contributed by atoms with Crippen LogP contribution in [-0.4, -0.2) is 83.6 Å². The van der Waals surface area contributed by atoms with Gasteiger partial charge in [-0.1, -0.05) is 17.3 Å². The van der Waals surface area contributed by atoms with Crippen molar-refractivity contribution in [1.29, 1.82) is 0 Å². The first-order valence-corrected chi connectivity index (χ1v) is 14.2. The monoisotopic (exact) mass is 620 g/mol. The molecule has 0 bridgehead atoms. The SMILES string of the molecule is COc1ccc(OC)c(N2CC(C(=O)Nc3ccc(-c4cn(CCOCCC(=O)ON5C(=O)CCC5=O)nn4)cc3)CC2=O)c1. The molecule has 2 fully saturated rings. The fourth-order valence-electron chi connectivity index (χ4n) is 4.85. The average Bonchev–Trinajstić information content (AvgIpc) is 3.76. The van der Waals surface area contributed by atoms with Gasteiger partial charge in [0.25, 0.3) is 11.8 Å². The van der Waals surface area contributed by atoms with Crippen molar-refractivity contribution in [3.63, 3.8) is 0 Å². The molecule has 0 saturated carbocycles. The Morgan fingerprint density at radius 1 is 0.956 bits per heavy atom. The Hall–Kier alpha value is -5.31. The third-order valence-electron chi connectivity index (χ3n) is 7.27. The number of anilines is 2. The van der Waals surface area contributed by atoms with Crippen LogP contribution >= 0.6 is 0 Å². The summed E-state index contributed by atoms with van der Waals surface area (Å²) in [4.78, 5) is 67.0. The number of ether oxygens (including phenoxy) is 3. The number of benzene rings is 2. The first kappa shape index (κ1) is 31.1. The Morgan fingerprint density at radius 3 is 2.42 bits per heavy atom. The van der Waals surface area contributed by atoms with Gasteiger partial charge in [-0.15, -0.1) is 10.2 Å². The summed E-state index contributed by atoms with van der Waals surface area (Å²) in [5, 5.41) is 11.7. The fraction of sp³-hybridized carbons (Fsp3) is 0.367. The summed E-state index contributed by atoms with van der Waals surface area (Å²) in [7, 11) is 3.06. The number of aromatic nitrogens is 3. The highest BCUT2D eigenvalue weighted by molar-refractivity contribution is 6.04. The van der Waals surface area contributed by atoms with E-state index in [9.17, 15) is 24.0 Å². The van der Waals surface area contributed by atoms with Crippen LogP contribution in [0.25, 0.3) is 11.3 Å². The Bertz CT molecular complexity index is 1570. The van der Waals surface area contributed by atoms with Gasteiger partial charge in [0.05, 0.1) is 58.2 Å². The van der Waals surface area contributed by atoms with Crippen molar-refractivity contribution in [2.45, 2.75) is 32.2 Å². The van der Waals surface area contributed by atoms with Crippen molar-refractivity contribution in [2.75, 3.05) is 44.2 Å². The molecular formula is C30H32N6O9. The molecule has 2 saturated heterocycles. The van der Waals surface area contributed by atoms with E-state index in [0.29, 0.717) is 40.2 Å². The van der Waals surface area contributed by atoms with Crippen LogP contribution in [0, 0.1) is 5.92 Å². The number of carbonyl (C=O) groups excluding carboxylic acids is 5. The van der Waals surface area contributed by atoms with Gasteiger partial charge in [-0.25, -0.2) is 9.48 Å². The highest BCUT2D eigenvalue weighted by atomic mass is 16.7. The molecule has 1 N–H and O–H groups in total. The normalized spacial score (nSPS) is 16.3. The molecule has 2 aromatic carbocycles. The molecule has 1 atom stereocenters. The zero-order chi connectivity index (χ0) is 31.9. The minimum Gasteiger partial charge on any atom is -0.497 e. The van der Waals surface area contributed by atoms with E-state index in [0.717, 1.165) is 5.56 Å². The van der Waals surface area contributed by atoms with Crippen molar-refractivity contribution in [3.05, 3.63) is 48.7 Å². The number of hydroxylamine groups is 2. The minimum absolute atomic E-state index is 0.0365. The van der Waals surface area contributed by atoms with E-state index < -0.39 is 23.7 Å². The minimum atomic E-state index is -0.728. The van der Waals surface area contributed by atoms with E-state index in [1.54, 1.807) is 58.2 Å². The molecule has 2 aliphatic heterocycles. The summed E-state index contributed by atoms with van der Waals surface area (Å²) in [5.41, 5.74) is 2.52. The van der Waals surface area contributed by atoms with E-state index in [1.165, 1.54) is 14.2 Å². The maximum atomic E-state index is 13.0. The Morgan fingerprint density at radius 2 is 1.71 bits per heavy atom. The van der Waals surface area contributed by atoms with Gasteiger partial charge in [0, 0.05) is 43.1 Å². The predicted octanol–water partition coefficient (Wildman–Crippen LogP) is 1.97. The van der Waals surface area contributed by atoms with Crippen molar-refractivity contribution in [3.8, 4) is 22.8 Å². The van der Waals surface area contributed by atoms with Crippen molar-refractivity contribution >= 4 is 41.0 Å². The second kappa shape index (κ2) is 14.0. The summed E-state index contributed by atoms with van der Waals surface area (Å²) in [6, 6.07) is 12.3. The molecule has 5 rings (SSSR count). The molecule has 0 aliphatic carbocycles. The lowest BCUT2D eigenvalue weighted by Gasteiger charge is -2.20. The molecular weight excluding hydrogens is 588 g/mol. The number of hydrogen-bond acceptors (Lipinski definition) is 11. The Kier molecular flexibility index (Phi) is 9.67. The third-order valence-corrected chi connectivity index (χ3v) is 7.27. The van der Waals surface area contributed by atoms with Gasteiger partial charge < -0.3 is 29.3 Å². The molecule has 15 nitrogen and oxygen atoms in total. The Balaban J connectivity index is 1.07. The van der Waals surface area contributed by atoms with Crippen LogP contribution in [0.15, 0.2) is 48.7 Å². The van der Waals surface area contributed by atoms with Crippen LogP contribution in [0.4, 0.5) is 11.4 Å².